The van der Waals surface area contributed by atoms with Crippen molar-refractivity contribution in [1.29, 1.82) is 0 Å². The molecule has 1 saturated heterocycles. The first-order chi connectivity index (χ1) is 15.1. The number of imide groups is 1. The second-order valence-electron chi connectivity index (χ2n) is 8.66. The van der Waals surface area contributed by atoms with Crippen LogP contribution in [0.4, 0.5) is 5.69 Å². The van der Waals surface area contributed by atoms with Crippen LogP contribution in [0.3, 0.4) is 0 Å². The number of anilines is 1. The van der Waals surface area contributed by atoms with Crippen LogP contribution in [-0.2, 0) is 16.0 Å². The minimum Gasteiger partial charge on any atom is -0.497 e. The molecule has 0 unspecified atom stereocenters. The number of amides is 2. The van der Waals surface area contributed by atoms with Gasteiger partial charge < -0.3 is 4.74 Å². The molecule has 2 amide bonds. The number of benzene rings is 3. The van der Waals surface area contributed by atoms with Gasteiger partial charge in [0, 0.05) is 11.8 Å². The Balaban J connectivity index is 1.53. The second kappa shape index (κ2) is 6.55. The number of hydrogen-bond acceptors (Lipinski definition) is 3. The fraction of sp³-hybridized carbons (Fsp3) is 0.259. The zero-order chi connectivity index (χ0) is 21.3. The molecule has 0 aromatic heterocycles. The average Bonchev–Trinajstić information content (AvgIpc) is 3.09. The minimum atomic E-state index is -0.353. The summed E-state index contributed by atoms with van der Waals surface area (Å²) in [5.74, 6) is -0.331. The molecule has 7 rings (SSSR count). The fourth-order valence-electron chi connectivity index (χ4n) is 5.98. The van der Waals surface area contributed by atoms with Gasteiger partial charge in [-0.25, -0.2) is 4.90 Å². The van der Waals surface area contributed by atoms with Crippen molar-refractivity contribution in [2.45, 2.75) is 25.2 Å². The normalized spacial score (nSPS) is 25.3. The molecule has 2 bridgehead atoms. The van der Waals surface area contributed by atoms with Crippen molar-refractivity contribution in [3.8, 4) is 5.75 Å². The summed E-state index contributed by atoms with van der Waals surface area (Å²) in [6, 6.07) is 22.1. The number of carbonyl (C=O) groups excluding carboxylic acids is 2. The van der Waals surface area contributed by atoms with Crippen molar-refractivity contribution in [3.05, 3.63) is 94.5 Å². The summed E-state index contributed by atoms with van der Waals surface area (Å²) in [6.07, 6.45) is 0.950. The SMILES string of the molecule is CCc1ccc2c(c1)[C@@H]1c3ccccc3[C@@H]2[C@@H]2C(=O)N(c3ccc(OC)cc3)C(=O)[C@H]12. The predicted octanol–water partition coefficient (Wildman–Crippen LogP) is 4.65. The van der Waals surface area contributed by atoms with Gasteiger partial charge in [-0.3, -0.25) is 9.59 Å². The maximum Gasteiger partial charge on any atom is 0.238 e. The van der Waals surface area contributed by atoms with Gasteiger partial charge in [0.2, 0.25) is 11.8 Å². The molecule has 154 valence electrons. The summed E-state index contributed by atoms with van der Waals surface area (Å²) in [5.41, 5.74) is 6.72. The lowest BCUT2D eigenvalue weighted by Gasteiger charge is -2.46. The molecule has 4 aliphatic rings. The van der Waals surface area contributed by atoms with E-state index in [1.165, 1.54) is 32.7 Å². The van der Waals surface area contributed by atoms with Crippen molar-refractivity contribution in [2.75, 3.05) is 12.0 Å². The molecule has 1 heterocycles. The van der Waals surface area contributed by atoms with E-state index in [0.717, 1.165) is 6.42 Å². The molecule has 1 aliphatic heterocycles. The lowest BCUT2D eigenvalue weighted by molar-refractivity contribution is -0.122. The fourth-order valence-corrected chi connectivity index (χ4v) is 5.98. The summed E-state index contributed by atoms with van der Waals surface area (Å²) in [6.45, 7) is 2.15. The molecule has 4 nitrogen and oxygen atoms in total. The van der Waals surface area contributed by atoms with Gasteiger partial charge in [0.15, 0.2) is 0 Å². The molecule has 3 aromatic carbocycles. The van der Waals surface area contributed by atoms with Gasteiger partial charge in [-0.2, -0.15) is 0 Å². The van der Waals surface area contributed by atoms with Crippen LogP contribution in [0.15, 0.2) is 66.7 Å². The average molecular weight is 409 g/mol. The van der Waals surface area contributed by atoms with Gasteiger partial charge in [0.25, 0.3) is 0 Å². The van der Waals surface area contributed by atoms with Crippen LogP contribution >= 0.6 is 0 Å². The Morgan fingerprint density at radius 2 is 1.35 bits per heavy atom. The third-order valence-corrected chi connectivity index (χ3v) is 7.34. The van der Waals surface area contributed by atoms with E-state index in [-0.39, 0.29) is 35.5 Å². The smallest absolute Gasteiger partial charge is 0.238 e. The Hall–Kier alpha value is -3.40. The molecule has 1 fully saturated rings. The van der Waals surface area contributed by atoms with Gasteiger partial charge in [-0.15, -0.1) is 0 Å². The van der Waals surface area contributed by atoms with Crippen LogP contribution in [0.1, 0.15) is 46.6 Å². The number of nitrogens with zero attached hydrogens (tertiary/aromatic N) is 1. The number of hydrogen-bond donors (Lipinski definition) is 0. The number of methoxy groups -OCH3 is 1. The third kappa shape index (κ3) is 2.36. The zero-order valence-corrected chi connectivity index (χ0v) is 17.5. The first-order valence-electron chi connectivity index (χ1n) is 10.9. The molecule has 3 aliphatic carbocycles. The summed E-state index contributed by atoms with van der Waals surface area (Å²) in [5, 5.41) is 0. The highest BCUT2D eigenvalue weighted by Crippen LogP contribution is 2.61. The van der Waals surface area contributed by atoms with E-state index in [4.69, 9.17) is 4.74 Å². The minimum absolute atomic E-state index is 0.0765. The summed E-state index contributed by atoms with van der Waals surface area (Å²) >= 11 is 0. The van der Waals surface area contributed by atoms with Gasteiger partial charge in [-0.1, -0.05) is 49.4 Å². The predicted molar refractivity (Wildman–Crippen MR) is 118 cm³/mol. The first kappa shape index (κ1) is 18.4. The molecule has 4 heteroatoms. The van der Waals surface area contributed by atoms with Crippen LogP contribution in [0, 0.1) is 11.8 Å². The summed E-state index contributed by atoms with van der Waals surface area (Å²) < 4.78 is 5.24. The van der Waals surface area contributed by atoms with Crippen molar-refractivity contribution in [1.82, 2.24) is 0 Å². The van der Waals surface area contributed by atoms with E-state index in [1.807, 2.05) is 12.1 Å². The quantitative estimate of drug-likeness (QED) is 0.592. The molecular weight excluding hydrogens is 386 g/mol. The number of ether oxygens (including phenoxy) is 1. The van der Waals surface area contributed by atoms with Gasteiger partial charge in [0.1, 0.15) is 5.75 Å². The molecule has 0 N–H and O–H groups in total. The Bertz CT molecular complexity index is 1230. The Labute approximate surface area is 181 Å². The summed E-state index contributed by atoms with van der Waals surface area (Å²) in [7, 11) is 1.60. The standard InChI is InChI=1S/C27H23NO3/c1-3-15-8-13-20-21(14-15)23-19-7-5-4-6-18(19)22(20)24-25(23)27(30)28(26(24)29)16-9-11-17(31-2)12-10-16/h4-14,22-25H,3H2,1-2H3/t22-,23-,24-,25+/m0/s1. The van der Waals surface area contributed by atoms with Gasteiger partial charge >= 0.3 is 0 Å². The van der Waals surface area contributed by atoms with Crippen LogP contribution in [0.5, 0.6) is 5.75 Å². The highest BCUT2D eigenvalue weighted by molar-refractivity contribution is 6.23. The molecule has 3 aromatic rings. The Kier molecular flexibility index (Phi) is 3.88. The monoisotopic (exact) mass is 409 g/mol. The van der Waals surface area contributed by atoms with E-state index in [1.54, 1.807) is 31.4 Å². The third-order valence-electron chi connectivity index (χ3n) is 7.34. The lowest BCUT2D eigenvalue weighted by Crippen LogP contribution is -2.41. The van der Waals surface area contributed by atoms with Crippen molar-refractivity contribution >= 4 is 17.5 Å². The first-order valence-corrected chi connectivity index (χ1v) is 10.9. The van der Waals surface area contributed by atoms with Gasteiger partial charge in [0.05, 0.1) is 24.6 Å². The maximum absolute atomic E-state index is 13.7. The number of aryl methyl sites for hydroxylation is 1. The highest BCUT2D eigenvalue weighted by Gasteiger charge is 2.61. The van der Waals surface area contributed by atoms with E-state index >= 15 is 0 Å². The largest absolute Gasteiger partial charge is 0.497 e. The van der Waals surface area contributed by atoms with Crippen molar-refractivity contribution < 1.29 is 14.3 Å². The zero-order valence-electron chi connectivity index (χ0n) is 17.5. The number of rotatable bonds is 3. The highest BCUT2D eigenvalue weighted by atomic mass is 16.5. The van der Waals surface area contributed by atoms with Crippen LogP contribution < -0.4 is 9.64 Å². The van der Waals surface area contributed by atoms with Crippen molar-refractivity contribution in [2.24, 2.45) is 11.8 Å². The topological polar surface area (TPSA) is 46.6 Å². The molecule has 31 heavy (non-hydrogen) atoms. The number of carbonyl (C=O) groups is 2. The van der Waals surface area contributed by atoms with E-state index < -0.39 is 0 Å². The van der Waals surface area contributed by atoms with E-state index in [9.17, 15) is 9.59 Å². The Morgan fingerprint density at radius 1 is 0.774 bits per heavy atom. The Morgan fingerprint density at radius 3 is 1.94 bits per heavy atom. The molecule has 0 saturated carbocycles. The van der Waals surface area contributed by atoms with E-state index in [0.29, 0.717) is 11.4 Å². The summed E-state index contributed by atoms with van der Waals surface area (Å²) in [4.78, 5) is 28.9. The van der Waals surface area contributed by atoms with Crippen LogP contribution in [-0.4, -0.2) is 18.9 Å². The van der Waals surface area contributed by atoms with Crippen LogP contribution in [0.2, 0.25) is 0 Å². The molecule has 0 spiro atoms. The maximum atomic E-state index is 13.7. The second-order valence-corrected chi connectivity index (χ2v) is 8.66. The van der Waals surface area contributed by atoms with Gasteiger partial charge in [-0.05, 0) is 58.5 Å². The lowest BCUT2D eigenvalue weighted by atomic mass is 9.55. The van der Waals surface area contributed by atoms with E-state index in [2.05, 4.69) is 37.3 Å². The van der Waals surface area contributed by atoms with Crippen LogP contribution in [0.25, 0.3) is 0 Å². The molecule has 4 atom stereocenters. The van der Waals surface area contributed by atoms with Crippen molar-refractivity contribution in [3.63, 3.8) is 0 Å². The molecule has 0 radical (unpaired) electrons. The molecular formula is C27H23NO3.